The van der Waals surface area contributed by atoms with Crippen LogP contribution in [0.15, 0.2) is 12.1 Å². The van der Waals surface area contributed by atoms with Crippen molar-refractivity contribution >= 4 is 46.4 Å². The summed E-state index contributed by atoms with van der Waals surface area (Å²) in [6.07, 6.45) is 2.29. The highest BCUT2D eigenvalue weighted by Gasteiger charge is 2.33. The van der Waals surface area contributed by atoms with E-state index in [1.807, 2.05) is 0 Å². The zero-order valence-corrected chi connectivity index (χ0v) is 14.3. The Labute approximate surface area is 145 Å². The maximum atomic E-state index is 12.2. The number of carbonyl (C=O) groups excluding carboxylic acids is 1. The predicted octanol–water partition coefficient (Wildman–Crippen LogP) is 3.27. The van der Waals surface area contributed by atoms with Gasteiger partial charge in [0.1, 0.15) is 0 Å². The number of amides is 1. The first-order valence-electron chi connectivity index (χ1n) is 7.43. The smallest absolute Gasteiger partial charge is 0.238 e. The number of piperidine rings is 1. The molecule has 0 aliphatic carbocycles. The van der Waals surface area contributed by atoms with Gasteiger partial charge in [0.2, 0.25) is 5.91 Å². The molecule has 0 saturated carbocycles. The van der Waals surface area contributed by atoms with Crippen LogP contribution in [0.25, 0.3) is 0 Å². The van der Waals surface area contributed by atoms with Crippen LogP contribution in [-0.4, -0.2) is 43.0 Å². The van der Waals surface area contributed by atoms with Gasteiger partial charge in [-0.1, -0.05) is 34.8 Å². The highest BCUT2D eigenvalue weighted by atomic mass is 35.5. The Hall–Kier alpha value is -0.520. The van der Waals surface area contributed by atoms with E-state index in [0.29, 0.717) is 39.3 Å². The predicted molar refractivity (Wildman–Crippen MR) is 91.1 cm³/mol. The van der Waals surface area contributed by atoms with Crippen molar-refractivity contribution in [2.45, 2.75) is 18.9 Å². The minimum atomic E-state index is -0.101. The first kappa shape index (κ1) is 16.3. The third-order valence-corrected chi connectivity index (χ3v) is 5.19. The molecule has 1 amide bonds. The summed E-state index contributed by atoms with van der Waals surface area (Å²) in [5.74, 6) is 0.555. The van der Waals surface area contributed by atoms with Crippen LogP contribution in [0.4, 0.5) is 5.69 Å². The highest BCUT2D eigenvalue weighted by molar-refractivity contribution is 6.42. The molecule has 1 aromatic carbocycles. The van der Waals surface area contributed by atoms with Crippen LogP contribution in [0, 0.1) is 5.92 Å². The van der Waals surface area contributed by atoms with Gasteiger partial charge in [-0.15, -0.1) is 0 Å². The molecule has 2 unspecified atom stereocenters. The molecule has 3 rings (SSSR count). The number of fused-ring (bicyclic) bond motifs is 1. The zero-order valence-electron chi connectivity index (χ0n) is 12.0. The Morgan fingerprint density at radius 2 is 2.00 bits per heavy atom. The van der Waals surface area contributed by atoms with Crippen molar-refractivity contribution in [3.05, 3.63) is 27.2 Å². The van der Waals surface area contributed by atoms with Gasteiger partial charge in [-0.25, -0.2) is 0 Å². The van der Waals surface area contributed by atoms with Crippen LogP contribution in [0.2, 0.25) is 15.1 Å². The molecular weight excluding hydrogens is 345 g/mol. The molecule has 2 atom stereocenters. The first-order chi connectivity index (χ1) is 10.5. The number of benzene rings is 1. The fourth-order valence-electron chi connectivity index (χ4n) is 3.31. The Kier molecular flexibility index (Phi) is 5.15. The Morgan fingerprint density at radius 1 is 1.27 bits per heavy atom. The van der Waals surface area contributed by atoms with E-state index in [1.54, 1.807) is 12.1 Å². The first-order valence-corrected chi connectivity index (χ1v) is 8.56. The zero-order chi connectivity index (χ0) is 15.7. The second-order valence-electron chi connectivity index (χ2n) is 5.93. The van der Waals surface area contributed by atoms with Gasteiger partial charge in [0, 0.05) is 24.2 Å². The van der Waals surface area contributed by atoms with Gasteiger partial charge in [-0.3, -0.25) is 9.69 Å². The molecule has 2 heterocycles. The lowest BCUT2D eigenvalue weighted by Crippen LogP contribution is -2.46. The molecule has 0 radical (unpaired) electrons. The number of hydrogen-bond donors (Lipinski definition) is 2. The van der Waals surface area contributed by atoms with Gasteiger partial charge in [-0.2, -0.15) is 0 Å². The normalized spacial score (nSPS) is 25.0. The summed E-state index contributed by atoms with van der Waals surface area (Å²) in [7, 11) is 0. The van der Waals surface area contributed by atoms with Crippen LogP contribution in [0.1, 0.15) is 12.8 Å². The van der Waals surface area contributed by atoms with E-state index in [2.05, 4.69) is 15.5 Å². The van der Waals surface area contributed by atoms with Gasteiger partial charge in [-0.05, 0) is 37.4 Å². The molecule has 2 aliphatic heterocycles. The molecule has 1 aromatic rings. The van der Waals surface area contributed by atoms with Crippen molar-refractivity contribution in [3.8, 4) is 0 Å². The fraction of sp³-hybridized carbons (Fsp3) is 0.533. The molecule has 7 heteroatoms. The number of hydrogen-bond acceptors (Lipinski definition) is 3. The number of anilines is 1. The van der Waals surface area contributed by atoms with Gasteiger partial charge >= 0.3 is 0 Å². The summed E-state index contributed by atoms with van der Waals surface area (Å²) >= 11 is 18.0. The van der Waals surface area contributed by atoms with E-state index in [4.69, 9.17) is 34.8 Å². The van der Waals surface area contributed by atoms with E-state index < -0.39 is 0 Å². The number of rotatable bonds is 3. The molecule has 2 fully saturated rings. The minimum Gasteiger partial charge on any atom is -0.322 e. The quantitative estimate of drug-likeness (QED) is 0.867. The van der Waals surface area contributed by atoms with Gasteiger partial charge in [0.05, 0.1) is 22.3 Å². The van der Waals surface area contributed by atoms with Crippen LogP contribution >= 0.6 is 34.8 Å². The van der Waals surface area contributed by atoms with E-state index in [0.717, 1.165) is 26.1 Å². The molecule has 120 valence electrons. The van der Waals surface area contributed by atoms with Crippen molar-refractivity contribution in [3.63, 3.8) is 0 Å². The van der Waals surface area contributed by atoms with Crippen molar-refractivity contribution in [2.75, 3.05) is 31.5 Å². The van der Waals surface area contributed by atoms with Crippen molar-refractivity contribution < 1.29 is 4.79 Å². The van der Waals surface area contributed by atoms with Crippen molar-refractivity contribution in [1.29, 1.82) is 0 Å². The van der Waals surface area contributed by atoms with Crippen LogP contribution < -0.4 is 10.6 Å². The van der Waals surface area contributed by atoms with E-state index in [-0.39, 0.29) is 5.91 Å². The molecule has 2 aliphatic rings. The molecule has 0 aromatic heterocycles. The largest absolute Gasteiger partial charge is 0.322 e. The Bertz CT molecular complexity index is 558. The molecule has 2 N–H and O–H groups in total. The van der Waals surface area contributed by atoms with Crippen LogP contribution in [0.5, 0.6) is 0 Å². The average molecular weight is 363 g/mol. The molecule has 22 heavy (non-hydrogen) atoms. The highest BCUT2D eigenvalue weighted by Crippen LogP contribution is 2.33. The average Bonchev–Trinajstić information content (AvgIpc) is 2.90. The van der Waals surface area contributed by atoms with Gasteiger partial charge in [0.15, 0.2) is 0 Å². The minimum absolute atomic E-state index is 0.101. The molecule has 4 nitrogen and oxygen atoms in total. The van der Waals surface area contributed by atoms with Gasteiger partial charge < -0.3 is 10.6 Å². The fourth-order valence-corrected chi connectivity index (χ4v) is 4.22. The summed E-state index contributed by atoms with van der Waals surface area (Å²) in [5.41, 5.74) is 0.426. The number of carbonyl (C=O) groups is 1. The second kappa shape index (κ2) is 6.93. The number of nitrogens with one attached hydrogen (secondary N) is 2. The third kappa shape index (κ3) is 3.69. The van der Waals surface area contributed by atoms with Gasteiger partial charge in [0.25, 0.3) is 0 Å². The second-order valence-corrected chi connectivity index (χ2v) is 7.18. The maximum Gasteiger partial charge on any atom is 0.238 e. The van der Waals surface area contributed by atoms with Crippen molar-refractivity contribution in [1.82, 2.24) is 10.2 Å². The number of nitrogens with zero attached hydrogens (tertiary/aromatic N) is 1. The van der Waals surface area contributed by atoms with E-state index in [1.165, 1.54) is 6.42 Å². The maximum absolute atomic E-state index is 12.2. The SMILES string of the molecule is O=C(CN1CCC2NCCC2C1)Nc1c(Cl)cc(Cl)cc1Cl. The summed E-state index contributed by atoms with van der Waals surface area (Å²) in [4.78, 5) is 14.4. The Balaban J connectivity index is 1.59. The lowest BCUT2D eigenvalue weighted by atomic mass is 9.93. The van der Waals surface area contributed by atoms with Crippen LogP contribution in [-0.2, 0) is 4.79 Å². The summed E-state index contributed by atoms with van der Waals surface area (Å²) in [6, 6.07) is 3.76. The lowest BCUT2D eigenvalue weighted by molar-refractivity contribution is -0.117. The molecular formula is C15H18Cl3N3O. The summed E-state index contributed by atoms with van der Waals surface area (Å²) in [6.45, 7) is 3.35. The Morgan fingerprint density at radius 3 is 2.73 bits per heavy atom. The molecule has 0 spiro atoms. The summed E-state index contributed by atoms with van der Waals surface area (Å²) < 4.78 is 0. The third-order valence-electron chi connectivity index (χ3n) is 4.38. The topological polar surface area (TPSA) is 44.4 Å². The monoisotopic (exact) mass is 361 g/mol. The molecule has 2 saturated heterocycles. The van der Waals surface area contributed by atoms with E-state index >= 15 is 0 Å². The number of likely N-dealkylation sites (tertiary alicyclic amines) is 1. The van der Waals surface area contributed by atoms with E-state index in [9.17, 15) is 4.79 Å². The number of halogens is 3. The van der Waals surface area contributed by atoms with Crippen molar-refractivity contribution in [2.24, 2.45) is 5.92 Å². The lowest BCUT2D eigenvalue weighted by Gasteiger charge is -2.34. The summed E-state index contributed by atoms with van der Waals surface area (Å²) in [5, 5.41) is 7.46. The standard InChI is InChI=1S/C15H18Cl3N3O/c16-10-5-11(17)15(12(18)6-10)20-14(22)8-21-4-2-13-9(7-21)1-3-19-13/h5-6,9,13,19H,1-4,7-8H2,(H,20,22). The van der Waals surface area contributed by atoms with Crippen LogP contribution in [0.3, 0.4) is 0 Å². The molecule has 0 bridgehead atoms.